The molecule has 3 aliphatic rings. The van der Waals surface area contributed by atoms with Crippen molar-refractivity contribution in [3.63, 3.8) is 0 Å². The second-order valence-electron chi connectivity index (χ2n) is 9.96. The Morgan fingerprint density at radius 2 is 1.68 bits per heavy atom. The molecule has 1 saturated carbocycles. The van der Waals surface area contributed by atoms with Crippen LogP contribution in [0.15, 0.2) is 41.4 Å². The molecule has 1 saturated heterocycles. The number of hydrogen-bond acceptors (Lipinski definition) is 6. The van der Waals surface area contributed by atoms with Crippen molar-refractivity contribution in [2.24, 2.45) is 11.8 Å². The summed E-state index contributed by atoms with van der Waals surface area (Å²) in [7, 11) is -3.35. The lowest BCUT2D eigenvalue weighted by Crippen LogP contribution is -2.47. The van der Waals surface area contributed by atoms with Crippen LogP contribution < -0.4 is 9.64 Å². The van der Waals surface area contributed by atoms with Crippen LogP contribution in [-0.4, -0.2) is 63.4 Å². The lowest BCUT2D eigenvalue weighted by molar-refractivity contribution is 0.208. The molecular weight excluding hydrogens is 453 g/mol. The van der Waals surface area contributed by atoms with Gasteiger partial charge in [0.05, 0.1) is 17.3 Å². The van der Waals surface area contributed by atoms with E-state index in [2.05, 4.69) is 20.9 Å². The third kappa shape index (κ3) is 5.38. The summed E-state index contributed by atoms with van der Waals surface area (Å²) in [4.78, 5) is 9.73. The van der Waals surface area contributed by atoms with E-state index in [4.69, 9.17) is 4.74 Å². The highest BCUT2D eigenvalue weighted by Gasteiger charge is 2.28. The van der Waals surface area contributed by atoms with Gasteiger partial charge in [-0.3, -0.25) is 4.90 Å². The van der Waals surface area contributed by atoms with Crippen molar-refractivity contribution in [2.75, 3.05) is 50.0 Å². The largest absolute Gasteiger partial charge is 0.489 e. The summed E-state index contributed by atoms with van der Waals surface area (Å²) in [5.74, 6) is 2.63. The summed E-state index contributed by atoms with van der Waals surface area (Å²) in [6.45, 7) is 5.89. The minimum atomic E-state index is -3.35. The van der Waals surface area contributed by atoms with Crippen molar-refractivity contribution in [3.05, 3.63) is 47.9 Å². The first kappa shape index (κ1) is 23.5. The molecule has 0 radical (unpaired) electrons. The Morgan fingerprint density at radius 3 is 2.41 bits per heavy atom. The molecule has 0 bridgehead atoms. The number of anilines is 1. The minimum Gasteiger partial charge on any atom is -0.489 e. The van der Waals surface area contributed by atoms with Gasteiger partial charge >= 0.3 is 0 Å². The number of fused-ring (bicyclic) bond motifs is 1. The summed E-state index contributed by atoms with van der Waals surface area (Å²) in [5.41, 5.74) is 1.27. The van der Waals surface area contributed by atoms with Crippen molar-refractivity contribution in [3.8, 4) is 5.75 Å². The SMILES string of the molecule is O=S(=O)(CC1CCC(CCN2CCN(c3nccc4c3OCC4)CC2)CC1)c1ccc(F)cc1. The predicted octanol–water partition coefficient (Wildman–Crippen LogP) is 3.95. The molecule has 0 atom stereocenters. The quantitative estimate of drug-likeness (QED) is 0.551. The minimum absolute atomic E-state index is 0.175. The summed E-state index contributed by atoms with van der Waals surface area (Å²) in [6.07, 6.45) is 8.18. The van der Waals surface area contributed by atoms with Crippen molar-refractivity contribution in [2.45, 2.75) is 43.4 Å². The number of piperazine rings is 1. The van der Waals surface area contributed by atoms with E-state index in [1.54, 1.807) is 0 Å². The molecule has 8 heteroatoms. The third-order valence-corrected chi connectivity index (χ3v) is 9.61. The van der Waals surface area contributed by atoms with E-state index in [1.165, 1.54) is 36.2 Å². The first-order valence-electron chi connectivity index (χ1n) is 12.5. The van der Waals surface area contributed by atoms with Gasteiger partial charge in [0.15, 0.2) is 21.4 Å². The van der Waals surface area contributed by atoms with Crippen LogP contribution in [0.1, 0.15) is 37.7 Å². The molecule has 0 amide bonds. The Balaban J connectivity index is 1.04. The average Bonchev–Trinajstić information content (AvgIpc) is 3.33. The zero-order valence-corrected chi connectivity index (χ0v) is 20.5. The zero-order chi connectivity index (χ0) is 23.5. The molecule has 1 aromatic heterocycles. The van der Waals surface area contributed by atoms with Crippen LogP contribution in [0.2, 0.25) is 0 Å². The molecule has 0 unspecified atom stereocenters. The lowest BCUT2D eigenvalue weighted by Gasteiger charge is -2.37. The maximum absolute atomic E-state index is 13.1. The topological polar surface area (TPSA) is 62.7 Å². The Kier molecular flexibility index (Phi) is 7.06. The van der Waals surface area contributed by atoms with E-state index >= 15 is 0 Å². The van der Waals surface area contributed by atoms with Gasteiger partial charge in [-0.1, -0.05) is 12.8 Å². The number of ether oxygens (including phenoxy) is 1. The van der Waals surface area contributed by atoms with Gasteiger partial charge in [-0.15, -0.1) is 0 Å². The van der Waals surface area contributed by atoms with Gasteiger partial charge in [0.2, 0.25) is 0 Å². The van der Waals surface area contributed by atoms with Crippen molar-refractivity contribution in [1.82, 2.24) is 9.88 Å². The van der Waals surface area contributed by atoms with Crippen LogP contribution in [0.4, 0.5) is 10.2 Å². The van der Waals surface area contributed by atoms with Crippen molar-refractivity contribution >= 4 is 15.7 Å². The highest BCUT2D eigenvalue weighted by atomic mass is 32.2. The first-order valence-corrected chi connectivity index (χ1v) is 14.2. The van der Waals surface area contributed by atoms with E-state index in [0.717, 1.165) is 83.0 Å². The lowest BCUT2D eigenvalue weighted by atomic mass is 9.81. The molecule has 6 nitrogen and oxygen atoms in total. The molecule has 2 fully saturated rings. The van der Waals surface area contributed by atoms with Crippen LogP contribution in [-0.2, 0) is 16.3 Å². The fraction of sp³-hybridized carbons (Fsp3) is 0.577. The maximum atomic E-state index is 13.1. The number of hydrogen-bond donors (Lipinski definition) is 0. The van der Waals surface area contributed by atoms with E-state index in [0.29, 0.717) is 5.92 Å². The Morgan fingerprint density at radius 1 is 0.971 bits per heavy atom. The maximum Gasteiger partial charge on any atom is 0.178 e. The van der Waals surface area contributed by atoms with E-state index in [1.807, 2.05) is 6.20 Å². The number of pyridine rings is 1. The second kappa shape index (κ2) is 10.2. The average molecular weight is 488 g/mol. The number of sulfone groups is 1. The van der Waals surface area contributed by atoms with Crippen molar-refractivity contribution < 1.29 is 17.5 Å². The number of rotatable bonds is 7. The molecular formula is C26H34FN3O3S. The molecule has 0 spiro atoms. The van der Waals surface area contributed by atoms with Gasteiger partial charge in [0.25, 0.3) is 0 Å². The number of aromatic nitrogens is 1. The Bertz CT molecular complexity index is 1080. The predicted molar refractivity (Wildman–Crippen MR) is 131 cm³/mol. The summed E-state index contributed by atoms with van der Waals surface area (Å²) >= 11 is 0. The Hall–Kier alpha value is -2.19. The fourth-order valence-corrected chi connectivity index (χ4v) is 7.30. The highest BCUT2D eigenvalue weighted by Crippen LogP contribution is 2.35. The fourth-order valence-electron chi connectivity index (χ4n) is 5.60. The van der Waals surface area contributed by atoms with E-state index < -0.39 is 15.7 Å². The zero-order valence-electron chi connectivity index (χ0n) is 19.7. The summed E-state index contributed by atoms with van der Waals surface area (Å²) in [6, 6.07) is 7.27. The smallest absolute Gasteiger partial charge is 0.178 e. The second-order valence-corrected chi connectivity index (χ2v) is 12.0. The van der Waals surface area contributed by atoms with Gasteiger partial charge in [0.1, 0.15) is 5.82 Å². The highest BCUT2D eigenvalue weighted by molar-refractivity contribution is 7.91. The monoisotopic (exact) mass is 487 g/mol. The molecule has 2 aliphatic heterocycles. The van der Waals surface area contributed by atoms with Gasteiger partial charge in [0, 0.05) is 44.4 Å². The number of halogens is 1. The molecule has 184 valence electrons. The van der Waals surface area contributed by atoms with Crippen LogP contribution in [0.5, 0.6) is 5.75 Å². The summed E-state index contributed by atoms with van der Waals surface area (Å²) in [5, 5.41) is 0. The summed E-state index contributed by atoms with van der Waals surface area (Å²) < 4.78 is 44.3. The van der Waals surface area contributed by atoms with Crippen LogP contribution in [0, 0.1) is 17.7 Å². The third-order valence-electron chi connectivity index (χ3n) is 7.70. The van der Waals surface area contributed by atoms with Gasteiger partial charge < -0.3 is 9.64 Å². The van der Waals surface area contributed by atoms with E-state index in [9.17, 15) is 12.8 Å². The standard InChI is InChI=1S/C26H34FN3O3S/c27-23-5-7-24(8-6-23)34(31,32)19-21-3-1-20(2-4-21)10-13-29-14-16-30(17-15-29)26-25-22(9-12-28-26)11-18-33-25/h5-9,12,20-21H,1-4,10-11,13-19H2. The molecule has 1 aliphatic carbocycles. The molecule has 3 heterocycles. The first-order chi connectivity index (χ1) is 16.5. The van der Waals surface area contributed by atoms with Crippen LogP contribution >= 0.6 is 0 Å². The number of benzene rings is 1. The molecule has 1 aromatic carbocycles. The van der Waals surface area contributed by atoms with E-state index in [-0.39, 0.29) is 16.6 Å². The van der Waals surface area contributed by atoms with Gasteiger partial charge in [-0.2, -0.15) is 0 Å². The number of nitrogens with zero attached hydrogens (tertiary/aromatic N) is 3. The molecule has 0 N–H and O–H groups in total. The van der Waals surface area contributed by atoms with Crippen LogP contribution in [0.25, 0.3) is 0 Å². The molecule has 34 heavy (non-hydrogen) atoms. The van der Waals surface area contributed by atoms with Gasteiger partial charge in [-0.05, 0) is 68.0 Å². The van der Waals surface area contributed by atoms with Crippen LogP contribution in [0.3, 0.4) is 0 Å². The van der Waals surface area contributed by atoms with Gasteiger partial charge in [-0.25, -0.2) is 17.8 Å². The van der Waals surface area contributed by atoms with Crippen molar-refractivity contribution in [1.29, 1.82) is 0 Å². The Labute approximate surface area is 202 Å². The normalized spacial score (nSPS) is 23.5. The molecule has 2 aromatic rings. The molecule has 5 rings (SSSR count).